The summed E-state index contributed by atoms with van der Waals surface area (Å²) in [6.07, 6.45) is 3.59. The Bertz CT molecular complexity index is 575. The zero-order valence-electron chi connectivity index (χ0n) is 14.0. The quantitative estimate of drug-likeness (QED) is 0.651. The van der Waals surface area contributed by atoms with Crippen LogP contribution in [0.4, 0.5) is 5.69 Å². The topological polar surface area (TPSA) is 21.3 Å². The van der Waals surface area contributed by atoms with Crippen molar-refractivity contribution in [2.45, 2.75) is 46.6 Å². The van der Waals surface area contributed by atoms with E-state index < -0.39 is 0 Å². The average Bonchev–Trinajstić information content (AvgIpc) is 2.54. The smallest absolute Gasteiger partial charge is 0.119 e. The van der Waals surface area contributed by atoms with Gasteiger partial charge in [-0.3, -0.25) is 0 Å². The van der Waals surface area contributed by atoms with E-state index in [1.165, 1.54) is 35.2 Å². The van der Waals surface area contributed by atoms with Gasteiger partial charge in [-0.1, -0.05) is 38.0 Å². The Kier molecular flexibility index (Phi) is 6.32. The van der Waals surface area contributed by atoms with Crippen molar-refractivity contribution < 1.29 is 4.74 Å². The lowest BCUT2D eigenvalue weighted by Crippen LogP contribution is -2.01. The molecule has 0 aromatic heterocycles. The lowest BCUT2D eigenvalue weighted by molar-refractivity contribution is 0.306. The maximum absolute atomic E-state index is 5.73. The van der Waals surface area contributed by atoms with Gasteiger partial charge in [0.1, 0.15) is 5.75 Å². The Labute approximate surface area is 134 Å². The second-order valence-corrected chi connectivity index (χ2v) is 5.85. The number of nitrogens with one attached hydrogen (secondary N) is 1. The molecule has 2 heteroatoms. The second kappa shape index (κ2) is 8.47. The van der Waals surface area contributed by atoms with E-state index in [2.05, 4.69) is 68.6 Å². The lowest BCUT2D eigenvalue weighted by atomic mass is 10.1. The third-order valence-electron chi connectivity index (χ3n) is 3.94. The van der Waals surface area contributed by atoms with Crippen molar-refractivity contribution in [2.24, 2.45) is 0 Å². The number of anilines is 1. The van der Waals surface area contributed by atoms with E-state index in [1.807, 2.05) is 0 Å². The molecule has 118 valence electrons. The zero-order valence-corrected chi connectivity index (χ0v) is 14.0. The van der Waals surface area contributed by atoms with Crippen LogP contribution in [0.25, 0.3) is 0 Å². The summed E-state index contributed by atoms with van der Waals surface area (Å²) in [5.41, 5.74) is 5.08. The molecule has 22 heavy (non-hydrogen) atoms. The minimum Gasteiger partial charge on any atom is -0.494 e. The van der Waals surface area contributed by atoms with E-state index in [9.17, 15) is 0 Å². The first-order chi connectivity index (χ1) is 10.7. The molecule has 0 radical (unpaired) electrons. The summed E-state index contributed by atoms with van der Waals surface area (Å²) in [7, 11) is 0. The molecule has 2 rings (SSSR count). The third-order valence-corrected chi connectivity index (χ3v) is 3.94. The van der Waals surface area contributed by atoms with Crippen LogP contribution < -0.4 is 10.1 Å². The maximum atomic E-state index is 5.73. The molecule has 0 saturated heterocycles. The van der Waals surface area contributed by atoms with Crippen LogP contribution in [0.3, 0.4) is 0 Å². The van der Waals surface area contributed by atoms with Crippen LogP contribution >= 0.6 is 0 Å². The molecule has 1 N–H and O–H groups in total. The molecule has 0 bridgehead atoms. The molecule has 0 spiro atoms. The van der Waals surface area contributed by atoms with Crippen molar-refractivity contribution >= 4 is 5.69 Å². The molecule has 0 aliphatic carbocycles. The van der Waals surface area contributed by atoms with Crippen LogP contribution in [0.2, 0.25) is 0 Å². The highest BCUT2D eigenvalue weighted by molar-refractivity contribution is 5.48. The molecule has 2 nitrogen and oxygen atoms in total. The van der Waals surface area contributed by atoms with Crippen LogP contribution in [-0.2, 0) is 6.54 Å². The van der Waals surface area contributed by atoms with Crippen molar-refractivity contribution in [1.29, 1.82) is 0 Å². The van der Waals surface area contributed by atoms with Crippen molar-refractivity contribution in [2.75, 3.05) is 11.9 Å². The van der Waals surface area contributed by atoms with Crippen LogP contribution in [0.1, 0.15) is 42.9 Å². The first kappa shape index (κ1) is 16.4. The molecule has 0 heterocycles. The van der Waals surface area contributed by atoms with Crippen molar-refractivity contribution in [3.05, 3.63) is 59.2 Å². The van der Waals surface area contributed by atoms with Crippen LogP contribution in [-0.4, -0.2) is 6.61 Å². The Hall–Kier alpha value is -1.96. The molecule has 0 atom stereocenters. The molecule has 0 saturated carbocycles. The predicted octanol–water partition coefficient (Wildman–Crippen LogP) is 5.48. The SMILES string of the molecule is CCCCCOc1ccc(CNc2ccc(C)c(C)c2)cc1. The van der Waals surface area contributed by atoms with Gasteiger partial charge in [0.05, 0.1) is 6.61 Å². The van der Waals surface area contributed by atoms with Gasteiger partial charge in [-0.15, -0.1) is 0 Å². The standard InChI is InChI=1S/C20H27NO/c1-4-5-6-13-22-20-11-8-18(9-12-20)15-21-19-10-7-16(2)17(3)14-19/h7-12,14,21H,4-6,13,15H2,1-3H3. The van der Waals surface area contributed by atoms with Gasteiger partial charge < -0.3 is 10.1 Å². The minimum atomic E-state index is 0.814. The molecule has 0 fully saturated rings. The van der Waals surface area contributed by atoms with E-state index in [4.69, 9.17) is 4.74 Å². The molecular weight excluding hydrogens is 270 g/mol. The highest BCUT2D eigenvalue weighted by atomic mass is 16.5. The van der Waals surface area contributed by atoms with Gasteiger partial charge in [0.15, 0.2) is 0 Å². The van der Waals surface area contributed by atoms with Gasteiger partial charge in [-0.05, 0) is 61.2 Å². The normalized spacial score (nSPS) is 10.5. The molecule has 0 aliphatic heterocycles. The first-order valence-corrected chi connectivity index (χ1v) is 8.22. The van der Waals surface area contributed by atoms with Crippen LogP contribution in [0.15, 0.2) is 42.5 Å². The van der Waals surface area contributed by atoms with Gasteiger partial charge >= 0.3 is 0 Å². The summed E-state index contributed by atoms with van der Waals surface area (Å²) in [5, 5.41) is 3.47. The summed E-state index contributed by atoms with van der Waals surface area (Å²) < 4.78 is 5.73. The summed E-state index contributed by atoms with van der Waals surface area (Å²) in [6, 6.07) is 14.9. The summed E-state index contributed by atoms with van der Waals surface area (Å²) in [5.74, 6) is 0.964. The van der Waals surface area contributed by atoms with Gasteiger partial charge in [0, 0.05) is 12.2 Å². The van der Waals surface area contributed by atoms with Gasteiger partial charge in [-0.2, -0.15) is 0 Å². The van der Waals surface area contributed by atoms with Gasteiger partial charge in [0.25, 0.3) is 0 Å². The maximum Gasteiger partial charge on any atom is 0.119 e. The first-order valence-electron chi connectivity index (χ1n) is 8.22. The number of unbranched alkanes of at least 4 members (excludes halogenated alkanes) is 2. The van der Waals surface area contributed by atoms with E-state index in [0.717, 1.165) is 25.3 Å². The summed E-state index contributed by atoms with van der Waals surface area (Å²) in [6.45, 7) is 8.13. The average molecular weight is 297 g/mol. The highest BCUT2D eigenvalue weighted by Gasteiger charge is 1.98. The summed E-state index contributed by atoms with van der Waals surface area (Å²) in [4.78, 5) is 0. The van der Waals surface area contributed by atoms with Crippen molar-refractivity contribution in [3.63, 3.8) is 0 Å². The van der Waals surface area contributed by atoms with Gasteiger partial charge in [-0.25, -0.2) is 0 Å². The minimum absolute atomic E-state index is 0.814. The number of benzene rings is 2. The number of aryl methyl sites for hydroxylation is 2. The van der Waals surface area contributed by atoms with Gasteiger partial charge in [0.2, 0.25) is 0 Å². The fourth-order valence-corrected chi connectivity index (χ4v) is 2.30. The largest absolute Gasteiger partial charge is 0.494 e. The zero-order chi connectivity index (χ0) is 15.8. The number of ether oxygens (including phenoxy) is 1. The molecule has 2 aromatic rings. The Balaban J connectivity index is 1.82. The monoisotopic (exact) mass is 297 g/mol. The fraction of sp³-hybridized carbons (Fsp3) is 0.400. The van der Waals surface area contributed by atoms with Crippen LogP contribution in [0.5, 0.6) is 5.75 Å². The Morgan fingerprint density at radius 2 is 1.68 bits per heavy atom. The highest BCUT2D eigenvalue weighted by Crippen LogP contribution is 2.17. The van der Waals surface area contributed by atoms with E-state index in [1.54, 1.807) is 0 Å². The van der Waals surface area contributed by atoms with Crippen molar-refractivity contribution in [1.82, 2.24) is 0 Å². The fourth-order valence-electron chi connectivity index (χ4n) is 2.30. The van der Waals surface area contributed by atoms with Crippen LogP contribution in [0, 0.1) is 13.8 Å². The van der Waals surface area contributed by atoms with Crippen molar-refractivity contribution in [3.8, 4) is 5.75 Å². The molecule has 0 amide bonds. The predicted molar refractivity (Wildman–Crippen MR) is 94.7 cm³/mol. The van der Waals surface area contributed by atoms with E-state index in [0.29, 0.717) is 0 Å². The van der Waals surface area contributed by atoms with E-state index >= 15 is 0 Å². The lowest BCUT2D eigenvalue weighted by Gasteiger charge is -2.10. The number of rotatable bonds is 8. The van der Waals surface area contributed by atoms with E-state index in [-0.39, 0.29) is 0 Å². The second-order valence-electron chi connectivity index (χ2n) is 5.85. The number of hydrogen-bond donors (Lipinski definition) is 1. The number of hydrogen-bond acceptors (Lipinski definition) is 2. The molecule has 0 aliphatic rings. The molecule has 0 unspecified atom stereocenters. The molecule has 2 aromatic carbocycles. The Morgan fingerprint density at radius 1 is 0.909 bits per heavy atom. The summed E-state index contributed by atoms with van der Waals surface area (Å²) >= 11 is 0. The Morgan fingerprint density at radius 3 is 2.36 bits per heavy atom. The third kappa shape index (κ3) is 5.10. The molecular formula is C20H27NO.